The largest absolute Gasteiger partial charge is 0.489 e. The molecule has 0 aliphatic rings. The number of ether oxygens (including phenoxy) is 2. The molecule has 5 heteroatoms. The van der Waals surface area contributed by atoms with E-state index in [1.807, 2.05) is 49.4 Å². The van der Waals surface area contributed by atoms with E-state index >= 15 is 0 Å². The van der Waals surface area contributed by atoms with Gasteiger partial charge in [-0.1, -0.05) is 40.2 Å². The molecule has 4 nitrogen and oxygen atoms in total. The van der Waals surface area contributed by atoms with Crippen LogP contribution in [0, 0.1) is 6.92 Å². The Labute approximate surface area is 170 Å². The fourth-order valence-electron chi connectivity index (χ4n) is 2.80. The summed E-state index contributed by atoms with van der Waals surface area (Å²) in [6, 6.07) is 20.6. The second-order valence-corrected chi connectivity index (χ2v) is 7.34. The van der Waals surface area contributed by atoms with Crippen LogP contribution in [0.4, 0.5) is 0 Å². The summed E-state index contributed by atoms with van der Waals surface area (Å²) in [5, 5.41) is 0.446. The zero-order chi connectivity index (χ0) is 19.5. The summed E-state index contributed by atoms with van der Waals surface area (Å²) in [6.45, 7) is 2.39. The Bertz CT molecular complexity index is 1180. The van der Waals surface area contributed by atoms with Crippen LogP contribution in [0.15, 0.2) is 86.7 Å². The summed E-state index contributed by atoms with van der Waals surface area (Å²) >= 11 is 3.41. The lowest BCUT2D eigenvalue weighted by atomic mass is 10.2. The van der Waals surface area contributed by atoms with E-state index in [0.29, 0.717) is 29.1 Å². The first-order valence-corrected chi connectivity index (χ1v) is 9.55. The van der Waals surface area contributed by atoms with Crippen molar-refractivity contribution in [2.75, 3.05) is 0 Å². The first-order valence-electron chi connectivity index (χ1n) is 8.76. The Balaban J connectivity index is 1.55. The van der Waals surface area contributed by atoms with Gasteiger partial charge in [-0.15, -0.1) is 0 Å². The van der Waals surface area contributed by atoms with Gasteiger partial charge in [0.2, 0.25) is 11.2 Å². The van der Waals surface area contributed by atoms with Crippen LogP contribution in [0.2, 0.25) is 0 Å². The van der Waals surface area contributed by atoms with Gasteiger partial charge >= 0.3 is 0 Å². The van der Waals surface area contributed by atoms with Gasteiger partial charge in [-0.25, -0.2) is 0 Å². The first-order chi connectivity index (χ1) is 13.6. The minimum atomic E-state index is -0.220. The highest BCUT2D eigenvalue weighted by molar-refractivity contribution is 9.10. The number of hydrogen-bond donors (Lipinski definition) is 0. The van der Waals surface area contributed by atoms with E-state index in [1.165, 1.54) is 6.26 Å². The molecule has 0 amide bonds. The fourth-order valence-corrected chi connectivity index (χ4v) is 3.07. The topological polar surface area (TPSA) is 48.7 Å². The maximum Gasteiger partial charge on any atom is 0.235 e. The van der Waals surface area contributed by atoms with Crippen LogP contribution in [0.5, 0.6) is 17.2 Å². The maximum atomic E-state index is 12.7. The molecule has 0 saturated carbocycles. The molecule has 4 rings (SSSR count). The van der Waals surface area contributed by atoms with Gasteiger partial charge in [0, 0.05) is 10.5 Å². The zero-order valence-corrected chi connectivity index (χ0v) is 16.7. The smallest absolute Gasteiger partial charge is 0.235 e. The van der Waals surface area contributed by atoms with Crippen LogP contribution in [-0.4, -0.2) is 0 Å². The average Bonchev–Trinajstić information content (AvgIpc) is 2.70. The van der Waals surface area contributed by atoms with Crippen LogP contribution in [0.3, 0.4) is 0 Å². The van der Waals surface area contributed by atoms with Gasteiger partial charge in [0.25, 0.3) is 0 Å². The summed E-state index contributed by atoms with van der Waals surface area (Å²) in [5.41, 5.74) is 2.33. The Morgan fingerprint density at radius 1 is 0.964 bits per heavy atom. The fraction of sp³-hybridized carbons (Fsp3) is 0.0870. The molecule has 0 saturated heterocycles. The molecule has 1 heterocycles. The second-order valence-electron chi connectivity index (χ2n) is 6.42. The van der Waals surface area contributed by atoms with Gasteiger partial charge in [-0.3, -0.25) is 4.79 Å². The van der Waals surface area contributed by atoms with Crippen molar-refractivity contribution in [3.63, 3.8) is 0 Å². The molecule has 0 atom stereocenters. The molecule has 28 heavy (non-hydrogen) atoms. The molecule has 0 bridgehead atoms. The van der Waals surface area contributed by atoms with Crippen molar-refractivity contribution in [1.82, 2.24) is 0 Å². The lowest BCUT2D eigenvalue weighted by Crippen LogP contribution is -2.05. The Morgan fingerprint density at radius 2 is 1.79 bits per heavy atom. The van der Waals surface area contributed by atoms with E-state index < -0.39 is 0 Å². The molecule has 0 aliphatic carbocycles. The first kappa shape index (κ1) is 18.3. The van der Waals surface area contributed by atoms with Gasteiger partial charge in [0.1, 0.15) is 30.0 Å². The highest BCUT2D eigenvalue weighted by Gasteiger charge is 2.10. The second kappa shape index (κ2) is 7.90. The predicted molar refractivity (Wildman–Crippen MR) is 112 cm³/mol. The van der Waals surface area contributed by atoms with E-state index in [4.69, 9.17) is 13.9 Å². The average molecular weight is 437 g/mol. The minimum absolute atomic E-state index is 0.154. The number of benzene rings is 3. The Kier molecular flexibility index (Phi) is 5.17. The van der Waals surface area contributed by atoms with Crippen molar-refractivity contribution in [3.8, 4) is 17.2 Å². The molecule has 0 N–H and O–H groups in total. The van der Waals surface area contributed by atoms with Crippen LogP contribution < -0.4 is 14.9 Å². The van der Waals surface area contributed by atoms with Gasteiger partial charge < -0.3 is 13.9 Å². The van der Waals surface area contributed by atoms with Crippen molar-refractivity contribution < 1.29 is 13.9 Å². The van der Waals surface area contributed by atoms with Crippen LogP contribution >= 0.6 is 15.9 Å². The number of halogens is 1. The quantitative estimate of drug-likeness (QED) is 0.371. The molecule has 0 fully saturated rings. The van der Waals surface area contributed by atoms with Crippen molar-refractivity contribution in [3.05, 3.63) is 98.8 Å². The zero-order valence-electron chi connectivity index (χ0n) is 15.1. The summed E-state index contributed by atoms with van der Waals surface area (Å²) in [6.07, 6.45) is 1.34. The molecule has 0 spiro atoms. The molecule has 140 valence electrons. The number of aryl methyl sites for hydroxylation is 1. The Morgan fingerprint density at radius 3 is 2.57 bits per heavy atom. The molecule has 0 aliphatic heterocycles. The number of fused-ring (bicyclic) bond motifs is 1. The lowest BCUT2D eigenvalue weighted by molar-refractivity contribution is 0.306. The molecule has 1 aromatic heterocycles. The summed E-state index contributed by atoms with van der Waals surface area (Å²) in [7, 11) is 0. The standard InChI is InChI=1S/C23H17BrO4/c1-15-3-2-4-19(11-15)28-22-14-27-21-12-18(9-10-20(21)23(22)25)26-13-16-5-7-17(24)8-6-16/h2-12,14H,13H2,1H3. The van der Waals surface area contributed by atoms with Crippen molar-refractivity contribution in [1.29, 1.82) is 0 Å². The Hall–Kier alpha value is -3.05. The third kappa shape index (κ3) is 4.10. The van der Waals surface area contributed by atoms with Crippen molar-refractivity contribution >= 4 is 26.9 Å². The van der Waals surface area contributed by atoms with E-state index in [-0.39, 0.29) is 11.2 Å². The highest BCUT2D eigenvalue weighted by atomic mass is 79.9. The monoisotopic (exact) mass is 436 g/mol. The van der Waals surface area contributed by atoms with Gasteiger partial charge in [0.05, 0.1) is 5.39 Å². The number of rotatable bonds is 5. The normalized spacial score (nSPS) is 10.8. The maximum absolute atomic E-state index is 12.7. The van der Waals surface area contributed by atoms with E-state index in [9.17, 15) is 4.79 Å². The van der Waals surface area contributed by atoms with Gasteiger partial charge in [-0.2, -0.15) is 0 Å². The predicted octanol–water partition coefficient (Wildman–Crippen LogP) is 6.24. The molecule has 3 aromatic carbocycles. The van der Waals surface area contributed by atoms with Crippen molar-refractivity contribution in [2.24, 2.45) is 0 Å². The summed E-state index contributed by atoms with van der Waals surface area (Å²) < 4.78 is 18.2. The van der Waals surface area contributed by atoms with Crippen LogP contribution in [-0.2, 0) is 6.61 Å². The summed E-state index contributed by atoms with van der Waals surface area (Å²) in [4.78, 5) is 12.7. The van der Waals surface area contributed by atoms with Crippen molar-refractivity contribution in [2.45, 2.75) is 13.5 Å². The summed E-state index contributed by atoms with van der Waals surface area (Å²) in [5.74, 6) is 1.38. The SMILES string of the molecule is Cc1cccc(Oc2coc3cc(OCc4ccc(Br)cc4)ccc3c2=O)c1. The third-order valence-corrected chi connectivity index (χ3v) is 4.78. The van der Waals surface area contributed by atoms with E-state index in [1.54, 1.807) is 24.3 Å². The molecular formula is C23H17BrO4. The molecule has 4 aromatic rings. The molecule has 0 unspecified atom stereocenters. The van der Waals surface area contributed by atoms with E-state index in [0.717, 1.165) is 15.6 Å². The highest BCUT2D eigenvalue weighted by Crippen LogP contribution is 2.25. The molecule has 0 radical (unpaired) electrons. The van der Waals surface area contributed by atoms with Crippen LogP contribution in [0.1, 0.15) is 11.1 Å². The van der Waals surface area contributed by atoms with Gasteiger partial charge in [0.15, 0.2) is 0 Å². The molecular weight excluding hydrogens is 420 g/mol. The minimum Gasteiger partial charge on any atom is -0.489 e. The lowest BCUT2D eigenvalue weighted by Gasteiger charge is -2.09. The van der Waals surface area contributed by atoms with Gasteiger partial charge in [-0.05, 0) is 54.4 Å². The van der Waals surface area contributed by atoms with Crippen LogP contribution in [0.25, 0.3) is 11.0 Å². The number of hydrogen-bond acceptors (Lipinski definition) is 4. The third-order valence-electron chi connectivity index (χ3n) is 4.25. The van der Waals surface area contributed by atoms with E-state index in [2.05, 4.69) is 15.9 Å².